The van der Waals surface area contributed by atoms with E-state index in [0.717, 1.165) is 94.0 Å². The van der Waals surface area contributed by atoms with Crippen LogP contribution < -0.4 is 11.1 Å². The van der Waals surface area contributed by atoms with Gasteiger partial charge in [0.05, 0.1) is 22.8 Å². The molecule has 46 heavy (non-hydrogen) atoms. The fourth-order valence-electron chi connectivity index (χ4n) is 6.53. The molecule has 3 aromatic heterocycles. The molecule has 1 unspecified atom stereocenters. The molecule has 2 saturated heterocycles. The zero-order chi connectivity index (χ0) is 32.6. The number of thiophene rings is 1. The number of nitrogens with two attached hydrogens (primary N) is 1. The summed E-state index contributed by atoms with van der Waals surface area (Å²) in [5, 5.41) is 15.0. The number of piperazine rings is 1. The first-order valence-electron chi connectivity index (χ1n) is 15.4. The van der Waals surface area contributed by atoms with Gasteiger partial charge in [-0.1, -0.05) is 6.07 Å². The number of piperidine rings is 1. The Balaban J connectivity index is 1.08. The Morgan fingerprint density at radius 3 is 2.48 bits per heavy atom. The summed E-state index contributed by atoms with van der Waals surface area (Å²) < 4.78 is 54.8. The van der Waals surface area contributed by atoms with Gasteiger partial charge in [0.25, 0.3) is 0 Å². The van der Waals surface area contributed by atoms with Crippen LogP contribution in [0.25, 0.3) is 21.1 Å². The van der Waals surface area contributed by atoms with Crippen LogP contribution in [-0.2, 0) is 30.5 Å². The number of rotatable bonds is 9. The van der Waals surface area contributed by atoms with Crippen molar-refractivity contribution in [1.82, 2.24) is 28.6 Å². The molecule has 2 aliphatic rings. The van der Waals surface area contributed by atoms with Crippen molar-refractivity contribution in [1.29, 1.82) is 5.26 Å². The third kappa shape index (κ3) is 7.31. The molecule has 1 aromatic carbocycles. The SMILES string of the molecule is Cc1c(CN2CCC(Nc3nc(N)nc4sc(CC(F)(F)F)cc34)CC2)ccc2c1cc(C#N)n2CCN1CCN(S(C)=O)CC1. The number of aromatic nitrogens is 3. The van der Waals surface area contributed by atoms with E-state index in [4.69, 9.17) is 5.73 Å². The van der Waals surface area contributed by atoms with Crippen LogP contribution in [0.4, 0.5) is 24.9 Å². The van der Waals surface area contributed by atoms with Crippen LogP contribution >= 0.6 is 11.3 Å². The molecule has 0 saturated carbocycles. The van der Waals surface area contributed by atoms with E-state index in [-0.39, 0.29) is 16.9 Å². The van der Waals surface area contributed by atoms with Gasteiger partial charge >= 0.3 is 6.18 Å². The summed E-state index contributed by atoms with van der Waals surface area (Å²) in [6.45, 7) is 9.49. The van der Waals surface area contributed by atoms with Gasteiger partial charge in [-0.25, -0.2) is 13.5 Å². The van der Waals surface area contributed by atoms with Crippen LogP contribution in [0.15, 0.2) is 24.3 Å². The van der Waals surface area contributed by atoms with Crippen molar-refractivity contribution in [3.8, 4) is 6.07 Å². The van der Waals surface area contributed by atoms with Gasteiger partial charge in [-0.3, -0.25) is 9.80 Å². The van der Waals surface area contributed by atoms with Crippen molar-refractivity contribution in [2.24, 2.45) is 0 Å². The Bertz CT molecular complexity index is 1780. The van der Waals surface area contributed by atoms with Crippen LogP contribution in [-0.4, -0.2) is 97.1 Å². The highest BCUT2D eigenvalue weighted by Gasteiger charge is 2.30. The monoisotopic (exact) mass is 673 g/mol. The maximum Gasteiger partial charge on any atom is 0.393 e. The predicted octanol–water partition coefficient (Wildman–Crippen LogP) is 4.50. The second kappa shape index (κ2) is 13.4. The number of nitrogen functional groups attached to an aromatic ring is 1. The normalized spacial score (nSPS) is 18.3. The van der Waals surface area contributed by atoms with Crippen molar-refractivity contribution in [3.63, 3.8) is 0 Å². The smallest absolute Gasteiger partial charge is 0.368 e. The number of likely N-dealkylation sites (tertiary alicyclic amines) is 1. The summed E-state index contributed by atoms with van der Waals surface area (Å²) in [5.74, 6) is 0.532. The second-order valence-electron chi connectivity index (χ2n) is 12.1. The van der Waals surface area contributed by atoms with Crippen molar-refractivity contribution >= 4 is 55.2 Å². The van der Waals surface area contributed by atoms with Gasteiger partial charge in [0, 0.05) is 87.0 Å². The lowest BCUT2D eigenvalue weighted by Crippen LogP contribution is -2.47. The molecule has 0 bridgehead atoms. The van der Waals surface area contributed by atoms with Gasteiger partial charge in [0.15, 0.2) is 0 Å². The molecular weight excluding hydrogens is 636 g/mol. The topological polar surface area (TPSA) is 119 Å². The number of halogens is 3. The third-order valence-electron chi connectivity index (χ3n) is 9.07. The first-order chi connectivity index (χ1) is 22.0. The molecule has 0 amide bonds. The molecule has 2 aliphatic heterocycles. The Morgan fingerprint density at radius 2 is 1.80 bits per heavy atom. The maximum absolute atomic E-state index is 13.0. The maximum atomic E-state index is 13.0. The highest BCUT2D eigenvalue weighted by molar-refractivity contribution is 7.81. The fraction of sp³-hybridized carbons (Fsp3) is 0.516. The Kier molecular flexibility index (Phi) is 9.54. The molecule has 246 valence electrons. The lowest BCUT2D eigenvalue weighted by atomic mass is 10.0. The zero-order valence-corrected chi connectivity index (χ0v) is 27.6. The first kappa shape index (κ1) is 32.6. The third-order valence-corrected chi connectivity index (χ3v) is 11.2. The lowest BCUT2D eigenvalue weighted by molar-refractivity contribution is -0.126. The summed E-state index contributed by atoms with van der Waals surface area (Å²) in [5.41, 5.74) is 10.0. The zero-order valence-electron chi connectivity index (χ0n) is 25.9. The van der Waals surface area contributed by atoms with Crippen LogP contribution in [0.1, 0.15) is 34.5 Å². The molecular formula is C31H38F3N9OS2. The number of nitriles is 1. The Labute approximate surface area is 272 Å². The molecule has 0 radical (unpaired) electrons. The number of hydrogen-bond donors (Lipinski definition) is 2. The number of nitrogens with one attached hydrogen (secondary N) is 1. The highest BCUT2D eigenvalue weighted by atomic mass is 32.2. The van der Waals surface area contributed by atoms with Crippen LogP contribution in [0, 0.1) is 18.3 Å². The number of benzene rings is 1. The van der Waals surface area contributed by atoms with Gasteiger partial charge in [-0.05, 0) is 49.1 Å². The van der Waals surface area contributed by atoms with Crippen molar-refractivity contribution in [2.75, 3.05) is 63.1 Å². The number of fused-ring (bicyclic) bond motifs is 2. The minimum absolute atomic E-state index is 0.0423. The molecule has 15 heteroatoms. The molecule has 4 aromatic rings. The van der Waals surface area contributed by atoms with E-state index >= 15 is 0 Å². The van der Waals surface area contributed by atoms with Crippen LogP contribution in [0.2, 0.25) is 0 Å². The molecule has 0 spiro atoms. The van der Waals surface area contributed by atoms with Crippen LogP contribution in [0.5, 0.6) is 0 Å². The number of aryl methyl sites for hydroxylation is 1. The van der Waals surface area contributed by atoms with Gasteiger partial charge in [0.2, 0.25) is 5.95 Å². The van der Waals surface area contributed by atoms with Gasteiger partial charge in [-0.2, -0.15) is 23.4 Å². The predicted molar refractivity (Wildman–Crippen MR) is 177 cm³/mol. The van der Waals surface area contributed by atoms with Gasteiger partial charge < -0.3 is 15.6 Å². The van der Waals surface area contributed by atoms with Crippen LogP contribution in [0.3, 0.4) is 0 Å². The molecule has 3 N–H and O–H groups in total. The number of alkyl halides is 3. The number of hydrogen-bond acceptors (Lipinski definition) is 9. The molecule has 5 heterocycles. The van der Waals surface area contributed by atoms with Crippen molar-refractivity contribution in [2.45, 2.75) is 51.5 Å². The Hall–Kier alpha value is -3.29. The van der Waals surface area contributed by atoms with E-state index in [2.05, 4.69) is 54.8 Å². The second-order valence-corrected chi connectivity index (χ2v) is 14.6. The number of anilines is 2. The molecule has 1 atom stereocenters. The van der Waals surface area contributed by atoms with Gasteiger partial charge in [0.1, 0.15) is 22.4 Å². The van der Waals surface area contributed by atoms with E-state index in [1.807, 2.05) is 10.4 Å². The Morgan fingerprint density at radius 1 is 1.07 bits per heavy atom. The summed E-state index contributed by atoms with van der Waals surface area (Å²) in [4.78, 5) is 13.9. The number of nitrogens with zero attached hydrogens (tertiary/aromatic N) is 7. The van der Waals surface area contributed by atoms with E-state index in [0.29, 0.717) is 21.7 Å². The summed E-state index contributed by atoms with van der Waals surface area (Å²) in [6.07, 6.45) is -1.87. The van der Waals surface area contributed by atoms with Gasteiger partial charge in [-0.15, -0.1) is 11.3 Å². The van der Waals surface area contributed by atoms with E-state index in [9.17, 15) is 22.6 Å². The summed E-state index contributed by atoms with van der Waals surface area (Å²) in [7, 11) is -0.936. The van der Waals surface area contributed by atoms with Crippen molar-refractivity contribution in [3.05, 3.63) is 46.0 Å². The lowest BCUT2D eigenvalue weighted by Gasteiger charge is -2.33. The summed E-state index contributed by atoms with van der Waals surface area (Å²) >= 11 is 1.00. The fourth-order valence-corrected chi connectivity index (χ4v) is 8.27. The quantitative estimate of drug-likeness (QED) is 0.267. The van der Waals surface area contributed by atoms with E-state index in [1.54, 1.807) is 6.26 Å². The average molecular weight is 674 g/mol. The van der Waals surface area contributed by atoms with E-state index < -0.39 is 23.6 Å². The standard InChI is InChI=1S/C31H38F3N9OS2/c1-20-21(3-4-27-25(20)15-23(18-35)43(27)14-11-40-9-12-42(13-10-40)46(2)44)19-41-7-5-22(6-8-41)37-28-26-16-24(17-31(32,33)34)45-29(26)39-30(36)38-28/h3-4,15-16,22H,5-14,17,19H2,1-2H3,(H3,36,37,38,39). The highest BCUT2D eigenvalue weighted by Crippen LogP contribution is 2.34. The summed E-state index contributed by atoms with van der Waals surface area (Å²) in [6, 6.07) is 10.3. The van der Waals surface area contributed by atoms with E-state index in [1.165, 1.54) is 17.2 Å². The molecule has 6 rings (SSSR count). The molecule has 2 fully saturated rings. The molecule has 0 aliphatic carbocycles. The minimum atomic E-state index is -4.29. The minimum Gasteiger partial charge on any atom is -0.368 e. The average Bonchev–Trinajstić information content (AvgIpc) is 3.58. The molecule has 10 nitrogen and oxygen atoms in total. The largest absolute Gasteiger partial charge is 0.393 e. The first-order valence-corrected chi connectivity index (χ1v) is 17.7. The van der Waals surface area contributed by atoms with Crippen molar-refractivity contribution < 1.29 is 17.4 Å².